The Bertz CT molecular complexity index is 432. The summed E-state index contributed by atoms with van der Waals surface area (Å²) >= 11 is 8.95. The Morgan fingerprint density at radius 2 is 2.21 bits per heavy atom. The lowest BCUT2D eigenvalue weighted by Gasteiger charge is -2.02. The molecule has 2 aromatic heterocycles. The molecule has 2 heterocycles. The first kappa shape index (κ1) is 9.35. The van der Waals surface area contributed by atoms with Gasteiger partial charge >= 0.3 is 0 Å². The normalized spacial score (nSPS) is 10.4. The van der Waals surface area contributed by atoms with Crippen LogP contribution in [0.15, 0.2) is 17.1 Å². The van der Waals surface area contributed by atoms with Crippen molar-refractivity contribution in [1.82, 2.24) is 24.7 Å². The number of nitrogen functional groups attached to an aromatic ring is 1. The van der Waals surface area contributed by atoms with Crippen LogP contribution in [0.2, 0.25) is 5.15 Å². The van der Waals surface area contributed by atoms with Crippen molar-refractivity contribution in [2.24, 2.45) is 0 Å². The van der Waals surface area contributed by atoms with E-state index in [1.807, 2.05) is 0 Å². The molecule has 0 aliphatic heterocycles. The van der Waals surface area contributed by atoms with Crippen LogP contribution in [0.4, 0.5) is 5.82 Å². The molecule has 2 aromatic rings. The monoisotopic (exact) mass is 274 g/mol. The molecule has 0 unspecified atom stereocenters. The van der Waals surface area contributed by atoms with Gasteiger partial charge in [-0.2, -0.15) is 19.7 Å². The van der Waals surface area contributed by atoms with Crippen molar-refractivity contribution in [1.29, 1.82) is 0 Å². The molecule has 0 amide bonds. The number of halogens is 2. The van der Waals surface area contributed by atoms with Crippen LogP contribution in [0.25, 0.3) is 5.95 Å². The van der Waals surface area contributed by atoms with Gasteiger partial charge in [0, 0.05) is 0 Å². The summed E-state index contributed by atoms with van der Waals surface area (Å²) in [5.41, 5.74) is 5.58. The fourth-order valence-corrected chi connectivity index (χ4v) is 1.19. The van der Waals surface area contributed by atoms with E-state index in [1.165, 1.54) is 17.3 Å². The van der Waals surface area contributed by atoms with Gasteiger partial charge < -0.3 is 5.73 Å². The average molecular weight is 275 g/mol. The van der Waals surface area contributed by atoms with Crippen LogP contribution >= 0.6 is 27.5 Å². The molecule has 14 heavy (non-hydrogen) atoms. The van der Waals surface area contributed by atoms with Crippen molar-refractivity contribution in [2.45, 2.75) is 0 Å². The van der Waals surface area contributed by atoms with Gasteiger partial charge in [-0.15, -0.1) is 0 Å². The predicted octanol–water partition coefficient (Wildman–Crippen LogP) is 1.06. The second-order valence-electron chi connectivity index (χ2n) is 2.35. The molecule has 0 aliphatic carbocycles. The lowest BCUT2D eigenvalue weighted by Crippen LogP contribution is -2.05. The van der Waals surface area contributed by atoms with E-state index in [1.54, 1.807) is 0 Å². The summed E-state index contributed by atoms with van der Waals surface area (Å²) in [4.78, 5) is 11.7. The van der Waals surface area contributed by atoms with Gasteiger partial charge in [0.05, 0.1) is 4.47 Å². The smallest absolute Gasteiger partial charge is 0.255 e. The van der Waals surface area contributed by atoms with Gasteiger partial charge in [0.2, 0.25) is 0 Å². The van der Waals surface area contributed by atoms with E-state index in [-0.39, 0.29) is 16.9 Å². The first-order valence-electron chi connectivity index (χ1n) is 3.52. The maximum absolute atomic E-state index is 5.80. The first-order valence-corrected chi connectivity index (χ1v) is 4.69. The fraction of sp³-hybridized carbons (Fsp3) is 0. The van der Waals surface area contributed by atoms with Gasteiger partial charge in [-0.25, -0.2) is 4.98 Å². The Hall–Kier alpha value is -1.21. The van der Waals surface area contributed by atoms with Crippen molar-refractivity contribution in [3.05, 3.63) is 22.3 Å². The molecule has 0 spiro atoms. The highest BCUT2D eigenvalue weighted by Gasteiger charge is 2.09. The molecule has 0 saturated carbocycles. The van der Waals surface area contributed by atoms with E-state index in [0.29, 0.717) is 4.47 Å². The minimum Gasteiger partial charge on any atom is -0.383 e. The van der Waals surface area contributed by atoms with Crippen LogP contribution < -0.4 is 5.73 Å². The molecule has 8 heteroatoms. The largest absolute Gasteiger partial charge is 0.383 e. The summed E-state index contributed by atoms with van der Waals surface area (Å²) in [6.45, 7) is 0. The van der Waals surface area contributed by atoms with Gasteiger partial charge in [0.15, 0.2) is 5.15 Å². The molecule has 2 rings (SSSR count). The van der Waals surface area contributed by atoms with E-state index in [2.05, 4.69) is 36.0 Å². The van der Waals surface area contributed by atoms with E-state index in [4.69, 9.17) is 17.3 Å². The van der Waals surface area contributed by atoms with E-state index in [0.717, 1.165) is 0 Å². The topological polar surface area (TPSA) is 82.5 Å². The molecule has 0 aromatic carbocycles. The minimum atomic E-state index is 0.239. The zero-order valence-electron chi connectivity index (χ0n) is 6.72. The Balaban J connectivity index is 2.57. The Morgan fingerprint density at radius 3 is 2.79 bits per heavy atom. The summed E-state index contributed by atoms with van der Waals surface area (Å²) < 4.78 is 1.84. The van der Waals surface area contributed by atoms with Crippen LogP contribution in [-0.4, -0.2) is 24.7 Å². The molecular weight excluding hydrogens is 271 g/mol. The molecular formula is C6H4BrClN6. The molecule has 6 nitrogen and oxygen atoms in total. The SMILES string of the molecule is Nc1nc(-n2cncn2)nc(Cl)c1Br. The Labute approximate surface area is 92.3 Å². The van der Waals surface area contributed by atoms with Crippen molar-refractivity contribution in [3.8, 4) is 5.95 Å². The second kappa shape index (κ2) is 3.50. The highest BCUT2D eigenvalue weighted by molar-refractivity contribution is 9.10. The van der Waals surface area contributed by atoms with Gasteiger partial charge in [-0.05, 0) is 15.9 Å². The van der Waals surface area contributed by atoms with Crippen molar-refractivity contribution < 1.29 is 0 Å². The summed E-state index contributed by atoms with van der Waals surface area (Å²) in [7, 11) is 0. The molecule has 0 fully saturated rings. The Morgan fingerprint density at radius 1 is 1.43 bits per heavy atom. The number of anilines is 1. The van der Waals surface area contributed by atoms with Gasteiger partial charge in [0.25, 0.3) is 5.95 Å². The van der Waals surface area contributed by atoms with Gasteiger partial charge in [-0.3, -0.25) is 0 Å². The molecule has 0 bridgehead atoms. The summed E-state index contributed by atoms with van der Waals surface area (Å²) in [6, 6.07) is 0. The second-order valence-corrected chi connectivity index (χ2v) is 3.50. The highest BCUT2D eigenvalue weighted by atomic mass is 79.9. The zero-order chi connectivity index (χ0) is 10.1. The summed E-state index contributed by atoms with van der Waals surface area (Å²) in [6.07, 6.45) is 2.83. The number of hydrogen-bond donors (Lipinski definition) is 1. The molecule has 0 atom stereocenters. The standard InChI is InChI=1S/C6H4BrClN6/c7-3-4(8)12-6(13-5(3)9)14-2-10-1-11-14/h1-2H,(H2,9,12,13). The van der Waals surface area contributed by atoms with E-state index in [9.17, 15) is 0 Å². The molecule has 0 saturated heterocycles. The number of nitrogens with zero attached hydrogens (tertiary/aromatic N) is 5. The molecule has 2 N–H and O–H groups in total. The van der Waals surface area contributed by atoms with Crippen LogP contribution in [0.5, 0.6) is 0 Å². The van der Waals surface area contributed by atoms with Gasteiger partial charge in [0.1, 0.15) is 18.5 Å². The fourth-order valence-electron chi connectivity index (χ4n) is 0.838. The number of aromatic nitrogens is 5. The number of nitrogens with two attached hydrogens (primary N) is 1. The lowest BCUT2D eigenvalue weighted by atomic mass is 10.6. The average Bonchev–Trinajstić information content (AvgIpc) is 2.66. The third kappa shape index (κ3) is 1.55. The van der Waals surface area contributed by atoms with E-state index < -0.39 is 0 Å². The first-order chi connectivity index (χ1) is 6.68. The summed E-state index contributed by atoms with van der Waals surface area (Å²) in [5.74, 6) is 0.545. The molecule has 72 valence electrons. The van der Waals surface area contributed by atoms with Gasteiger partial charge in [-0.1, -0.05) is 11.6 Å². The van der Waals surface area contributed by atoms with Crippen LogP contribution in [0, 0.1) is 0 Å². The summed E-state index contributed by atoms with van der Waals surface area (Å²) in [5, 5.41) is 4.09. The lowest BCUT2D eigenvalue weighted by molar-refractivity contribution is 0.807. The highest BCUT2D eigenvalue weighted by Crippen LogP contribution is 2.25. The molecule has 0 aliphatic rings. The third-order valence-corrected chi connectivity index (χ3v) is 2.73. The minimum absolute atomic E-state index is 0.239. The maximum Gasteiger partial charge on any atom is 0.255 e. The predicted molar refractivity (Wildman–Crippen MR) is 54.1 cm³/mol. The number of rotatable bonds is 1. The number of hydrogen-bond acceptors (Lipinski definition) is 5. The molecule has 0 radical (unpaired) electrons. The Kier molecular flexibility index (Phi) is 2.34. The zero-order valence-corrected chi connectivity index (χ0v) is 9.07. The van der Waals surface area contributed by atoms with Crippen molar-refractivity contribution in [3.63, 3.8) is 0 Å². The van der Waals surface area contributed by atoms with Crippen LogP contribution in [0.1, 0.15) is 0 Å². The van der Waals surface area contributed by atoms with Crippen LogP contribution in [-0.2, 0) is 0 Å². The van der Waals surface area contributed by atoms with Crippen molar-refractivity contribution in [2.75, 3.05) is 5.73 Å². The third-order valence-electron chi connectivity index (χ3n) is 1.45. The van der Waals surface area contributed by atoms with Crippen molar-refractivity contribution >= 4 is 33.3 Å². The van der Waals surface area contributed by atoms with E-state index >= 15 is 0 Å². The van der Waals surface area contributed by atoms with Crippen LogP contribution in [0.3, 0.4) is 0 Å². The quantitative estimate of drug-likeness (QED) is 0.787. The maximum atomic E-state index is 5.80.